The van der Waals surface area contributed by atoms with E-state index in [1.54, 1.807) is 24.0 Å². The smallest absolute Gasteiger partial charge is 0.305 e. The maximum absolute atomic E-state index is 13.2. The molecule has 0 radical (unpaired) electrons. The van der Waals surface area contributed by atoms with Crippen molar-refractivity contribution in [1.82, 2.24) is 24.4 Å². The van der Waals surface area contributed by atoms with Gasteiger partial charge in [0, 0.05) is 37.4 Å². The number of hydrogen-bond donors (Lipinski definition) is 2. The lowest BCUT2D eigenvalue weighted by Crippen LogP contribution is -2.50. The molecule has 2 N–H and O–H groups in total. The highest BCUT2D eigenvalue weighted by Gasteiger charge is 2.33. The van der Waals surface area contributed by atoms with Crippen molar-refractivity contribution in [1.29, 1.82) is 0 Å². The Kier molecular flexibility index (Phi) is 5.30. The van der Waals surface area contributed by atoms with E-state index in [0.29, 0.717) is 33.9 Å². The summed E-state index contributed by atoms with van der Waals surface area (Å²) in [6.45, 7) is 2.17. The van der Waals surface area contributed by atoms with E-state index in [9.17, 15) is 22.4 Å². The second-order valence-electron chi connectivity index (χ2n) is 6.79. The van der Waals surface area contributed by atoms with Gasteiger partial charge in [-0.15, -0.1) is 0 Å². The third kappa shape index (κ3) is 3.68. The Hall–Kier alpha value is -2.83. The van der Waals surface area contributed by atoms with Crippen LogP contribution in [0.1, 0.15) is 16.1 Å². The van der Waals surface area contributed by atoms with E-state index >= 15 is 0 Å². The van der Waals surface area contributed by atoms with Crippen molar-refractivity contribution in [3.8, 4) is 11.3 Å². The van der Waals surface area contributed by atoms with Crippen LogP contribution in [0.4, 0.5) is 4.39 Å². The summed E-state index contributed by atoms with van der Waals surface area (Å²) in [5, 5.41) is 6.71. The normalized spacial score (nSPS) is 15.5. The first-order chi connectivity index (χ1) is 14.3. The monoisotopic (exact) mass is 451 g/mol. The van der Waals surface area contributed by atoms with Gasteiger partial charge in [-0.1, -0.05) is 11.3 Å². The molecule has 1 fully saturated rings. The molecule has 9 nitrogen and oxygen atoms in total. The number of nitrogens with zero attached hydrogens (tertiary/aromatic N) is 3. The third-order valence-electron chi connectivity index (χ3n) is 4.88. The number of carbonyl (C=O) groups is 1. The van der Waals surface area contributed by atoms with Crippen LogP contribution >= 0.6 is 11.3 Å². The van der Waals surface area contributed by atoms with Crippen LogP contribution < -0.4 is 4.87 Å². The van der Waals surface area contributed by atoms with Crippen molar-refractivity contribution in [3.05, 3.63) is 57.2 Å². The zero-order valence-corrected chi connectivity index (χ0v) is 17.5. The van der Waals surface area contributed by atoms with Crippen LogP contribution in [-0.2, 0) is 10.0 Å². The van der Waals surface area contributed by atoms with Gasteiger partial charge in [-0.25, -0.2) is 12.8 Å². The van der Waals surface area contributed by atoms with E-state index in [-0.39, 0.29) is 42.1 Å². The predicted molar refractivity (Wildman–Crippen MR) is 108 cm³/mol. The molecule has 0 saturated carbocycles. The summed E-state index contributed by atoms with van der Waals surface area (Å²) in [4.78, 5) is 28.1. The lowest BCUT2D eigenvalue weighted by molar-refractivity contribution is 0.0699. The summed E-state index contributed by atoms with van der Waals surface area (Å²) in [5.74, 6) is -0.672. The van der Waals surface area contributed by atoms with E-state index < -0.39 is 14.9 Å². The highest BCUT2D eigenvalue weighted by atomic mass is 32.2. The Morgan fingerprint density at radius 1 is 1.17 bits per heavy atom. The van der Waals surface area contributed by atoms with Crippen LogP contribution in [0.2, 0.25) is 0 Å². The Morgan fingerprint density at radius 3 is 2.43 bits per heavy atom. The molecule has 158 valence electrons. The topological polar surface area (TPSA) is 119 Å². The highest BCUT2D eigenvalue weighted by molar-refractivity contribution is 7.91. The average molecular weight is 452 g/mol. The summed E-state index contributed by atoms with van der Waals surface area (Å²) >= 11 is 0.660. The minimum atomic E-state index is -3.80. The number of benzene rings is 1. The summed E-state index contributed by atoms with van der Waals surface area (Å²) in [6, 6.07) is 5.69. The molecule has 0 bridgehead atoms. The van der Waals surface area contributed by atoms with Crippen LogP contribution in [0.3, 0.4) is 0 Å². The second kappa shape index (κ2) is 7.78. The van der Waals surface area contributed by atoms with Crippen molar-refractivity contribution >= 4 is 27.3 Å². The fourth-order valence-corrected chi connectivity index (χ4v) is 6.20. The SMILES string of the molecule is Cc1[nH]c(=O)sc1S(=O)(=O)N1CCN(C(=O)c2cn[nH]c2-c2ccc(F)cc2)CC1. The zero-order valence-electron chi connectivity index (χ0n) is 15.9. The maximum atomic E-state index is 13.2. The number of aromatic nitrogens is 3. The Morgan fingerprint density at radius 2 is 1.83 bits per heavy atom. The van der Waals surface area contributed by atoms with Gasteiger partial charge in [0.25, 0.3) is 15.9 Å². The number of halogens is 1. The highest BCUT2D eigenvalue weighted by Crippen LogP contribution is 2.25. The molecule has 1 saturated heterocycles. The molecule has 0 unspecified atom stereocenters. The number of nitrogens with one attached hydrogen (secondary N) is 2. The minimum Gasteiger partial charge on any atom is -0.336 e. The van der Waals surface area contributed by atoms with Gasteiger partial charge in [-0.05, 0) is 31.2 Å². The number of amides is 1. The first kappa shape index (κ1) is 20.4. The fraction of sp³-hybridized carbons (Fsp3) is 0.278. The molecular weight excluding hydrogens is 433 g/mol. The first-order valence-corrected chi connectivity index (χ1v) is 11.3. The molecule has 12 heteroatoms. The molecule has 3 heterocycles. The van der Waals surface area contributed by atoms with Gasteiger partial charge >= 0.3 is 4.87 Å². The van der Waals surface area contributed by atoms with Gasteiger partial charge in [-0.3, -0.25) is 14.7 Å². The van der Waals surface area contributed by atoms with Gasteiger partial charge in [0.2, 0.25) is 0 Å². The summed E-state index contributed by atoms with van der Waals surface area (Å²) in [6.07, 6.45) is 1.41. The third-order valence-corrected chi connectivity index (χ3v) is 8.36. The molecule has 3 aromatic rings. The van der Waals surface area contributed by atoms with Gasteiger partial charge < -0.3 is 9.88 Å². The van der Waals surface area contributed by atoms with E-state index in [4.69, 9.17) is 0 Å². The molecule has 1 amide bonds. The largest absolute Gasteiger partial charge is 0.336 e. The maximum Gasteiger partial charge on any atom is 0.305 e. The van der Waals surface area contributed by atoms with Crippen LogP contribution in [0, 0.1) is 12.7 Å². The molecule has 2 aromatic heterocycles. The molecule has 30 heavy (non-hydrogen) atoms. The molecule has 4 rings (SSSR count). The van der Waals surface area contributed by atoms with Crippen LogP contribution in [0.25, 0.3) is 11.3 Å². The van der Waals surface area contributed by atoms with Gasteiger partial charge in [0.15, 0.2) is 4.21 Å². The van der Waals surface area contributed by atoms with E-state index in [1.807, 2.05) is 0 Å². The first-order valence-electron chi connectivity index (χ1n) is 9.06. The van der Waals surface area contributed by atoms with Crippen LogP contribution in [0.5, 0.6) is 0 Å². The average Bonchev–Trinajstić information content (AvgIpc) is 3.34. The number of carbonyl (C=O) groups excluding carboxylic acids is 1. The van der Waals surface area contributed by atoms with Crippen molar-refractivity contribution in [3.63, 3.8) is 0 Å². The number of rotatable bonds is 4. The number of aromatic amines is 2. The van der Waals surface area contributed by atoms with E-state index in [1.165, 1.54) is 22.6 Å². The number of H-pyrrole nitrogens is 2. The van der Waals surface area contributed by atoms with Crippen molar-refractivity contribution < 1.29 is 17.6 Å². The van der Waals surface area contributed by atoms with Gasteiger partial charge in [-0.2, -0.15) is 9.40 Å². The fourth-order valence-electron chi connectivity index (χ4n) is 3.34. The Labute approximate surface area is 175 Å². The van der Waals surface area contributed by atoms with E-state index in [0.717, 1.165) is 0 Å². The minimum absolute atomic E-state index is 0.000655. The molecule has 0 spiro atoms. The lowest BCUT2D eigenvalue weighted by atomic mass is 10.1. The molecule has 0 aliphatic carbocycles. The van der Waals surface area contributed by atoms with Gasteiger partial charge in [0.05, 0.1) is 17.5 Å². The van der Waals surface area contributed by atoms with Gasteiger partial charge in [0.1, 0.15) is 5.82 Å². The zero-order chi connectivity index (χ0) is 21.5. The molecule has 1 aromatic carbocycles. The molecular formula is C18H18FN5O4S2. The molecule has 0 atom stereocenters. The number of piperazine rings is 1. The van der Waals surface area contributed by atoms with Crippen molar-refractivity contribution in [2.75, 3.05) is 26.2 Å². The quantitative estimate of drug-likeness (QED) is 0.622. The van der Waals surface area contributed by atoms with Crippen LogP contribution in [-0.4, -0.2) is 64.9 Å². The standard InChI is InChI=1S/C18H18FN5O4S2/c1-11-17(29-18(26)21-11)30(27,28)24-8-6-23(7-9-24)16(25)14-10-20-22-15(14)12-2-4-13(19)5-3-12/h2-5,10H,6-9H2,1H3,(H,20,22)(H,21,26). The summed E-state index contributed by atoms with van der Waals surface area (Å²) < 4.78 is 40.1. The van der Waals surface area contributed by atoms with Crippen molar-refractivity contribution in [2.24, 2.45) is 0 Å². The second-order valence-corrected chi connectivity index (χ2v) is 9.91. The Bertz CT molecular complexity index is 1240. The predicted octanol–water partition coefficient (Wildman–Crippen LogP) is 1.42. The van der Waals surface area contributed by atoms with Crippen LogP contribution in [0.15, 0.2) is 39.5 Å². The number of thiazole rings is 1. The number of aryl methyl sites for hydroxylation is 1. The summed E-state index contributed by atoms with van der Waals surface area (Å²) in [7, 11) is -3.80. The number of hydrogen-bond acceptors (Lipinski definition) is 6. The molecule has 1 aliphatic rings. The van der Waals surface area contributed by atoms with E-state index in [2.05, 4.69) is 15.2 Å². The molecule has 1 aliphatic heterocycles. The lowest BCUT2D eigenvalue weighted by Gasteiger charge is -2.33. The van der Waals surface area contributed by atoms with Crippen molar-refractivity contribution in [2.45, 2.75) is 11.1 Å². The Balaban J connectivity index is 1.49. The number of sulfonamides is 1. The summed E-state index contributed by atoms with van der Waals surface area (Å²) in [5.41, 5.74) is 1.74.